The first-order valence-corrected chi connectivity index (χ1v) is 16.3. The molecule has 0 saturated heterocycles. The predicted octanol–water partition coefficient (Wildman–Crippen LogP) is 10.1. The van der Waals surface area contributed by atoms with Crippen LogP contribution in [0.4, 0.5) is 5.69 Å². The van der Waals surface area contributed by atoms with Crippen molar-refractivity contribution in [3.8, 4) is 5.75 Å². The number of Topliss-reactive ketones (excluding diaryl/α,β-unsaturated/α-hetero) is 1. The van der Waals surface area contributed by atoms with Crippen LogP contribution in [0.2, 0.25) is 0 Å². The van der Waals surface area contributed by atoms with Gasteiger partial charge in [0, 0.05) is 23.7 Å². The van der Waals surface area contributed by atoms with Crippen LogP contribution < -0.4 is 9.64 Å². The maximum absolute atomic E-state index is 15.4. The summed E-state index contributed by atoms with van der Waals surface area (Å²) in [6.07, 6.45) is 4.65. The van der Waals surface area contributed by atoms with E-state index in [0.29, 0.717) is 0 Å². The van der Waals surface area contributed by atoms with Crippen LogP contribution in [0, 0.1) is 5.92 Å². The maximum Gasteiger partial charge on any atom is 0.173 e. The van der Waals surface area contributed by atoms with E-state index in [4.69, 9.17) is 4.74 Å². The average molecular weight is 612 g/mol. The van der Waals surface area contributed by atoms with Crippen molar-refractivity contribution in [2.75, 3.05) is 19.1 Å². The number of ketones is 1. The minimum absolute atomic E-state index is 0.111. The van der Waals surface area contributed by atoms with Crippen molar-refractivity contribution in [2.45, 2.75) is 24.8 Å². The lowest BCUT2D eigenvalue weighted by atomic mass is 9.57. The molecule has 1 aliphatic carbocycles. The second kappa shape index (κ2) is 10.8. The van der Waals surface area contributed by atoms with Crippen LogP contribution in [-0.2, 0) is 5.41 Å². The third-order valence-electron chi connectivity index (χ3n) is 10.7. The Bertz CT molecular complexity index is 2260. The summed E-state index contributed by atoms with van der Waals surface area (Å²) in [7, 11) is 3.85. The standard InChI is InChI=1S/C44H37NO2/c1-43(2)39-15-9-10-16-40(39)45(3)44(43)28-36(34-19-17-29-11-5-7-13-32(29)25-34)27-38(31-21-23-37(47-4)24-22-31)41(44)42(46)35-20-18-30-12-6-8-14-33(30)26-35/h5-28,41H,1-4H3/t41-,44+/m0/s1. The molecule has 3 nitrogen and oxygen atoms in total. The van der Waals surface area contributed by atoms with Gasteiger partial charge in [-0.3, -0.25) is 4.79 Å². The van der Waals surface area contributed by atoms with E-state index < -0.39 is 16.9 Å². The highest BCUT2D eigenvalue weighted by molar-refractivity contribution is 6.11. The number of likely N-dealkylation sites (N-methyl/N-ethyl adjacent to an activating group) is 1. The molecule has 230 valence electrons. The van der Waals surface area contributed by atoms with Crippen LogP contribution in [-0.4, -0.2) is 25.5 Å². The van der Waals surface area contributed by atoms with E-state index in [9.17, 15) is 0 Å². The van der Waals surface area contributed by atoms with E-state index in [1.165, 1.54) is 16.3 Å². The second-order valence-corrected chi connectivity index (χ2v) is 13.4. The minimum atomic E-state index is -0.718. The van der Waals surface area contributed by atoms with Gasteiger partial charge in [0.2, 0.25) is 0 Å². The van der Waals surface area contributed by atoms with Gasteiger partial charge in [0.1, 0.15) is 5.75 Å². The third kappa shape index (κ3) is 4.37. The van der Waals surface area contributed by atoms with Crippen molar-refractivity contribution in [1.29, 1.82) is 0 Å². The first-order chi connectivity index (χ1) is 22.8. The highest BCUT2D eigenvalue weighted by Gasteiger charge is 2.62. The number of ether oxygens (including phenoxy) is 1. The van der Waals surface area contributed by atoms with Crippen molar-refractivity contribution in [2.24, 2.45) is 5.92 Å². The normalized spacial score (nSPS) is 19.8. The van der Waals surface area contributed by atoms with E-state index in [2.05, 4.69) is 141 Å². The Kier molecular flexibility index (Phi) is 6.70. The summed E-state index contributed by atoms with van der Waals surface area (Å²) < 4.78 is 5.55. The van der Waals surface area contributed by atoms with Gasteiger partial charge in [-0.2, -0.15) is 0 Å². The van der Waals surface area contributed by atoms with Crippen LogP contribution >= 0.6 is 0 Å². The number of carbonyl (C=O) groups excluding carboxylic acids is 1. The molecule has 0 radical (unpaired) electrons. The molecule has 3 heteroatoms. The van der Waals surface area contributed by atoms with Crippen molar-refractivity contribution in [3.05, 3.63) is 168 Å². The lowest BCUT2D eigenvalue weighted by Gasteiger charge is -2.52. The number of fused-ring (bicyclic) bond motifs is 3. The largest absolute Gasteiger partial charge is 0.497 e. The van der Waals surface area contributed by atoms with E-state index in [1.54, 1.807) is 7.11 Å². The zero-order valence-corrected chi connectivity index (χ0v) is 27.2. The number of benzene rings is 6. The Morgan fingerprint density at radius 1 is 0.681 bits per heavy atom. The number of carbonyl (C=O) groups is 1. The van der Waals surface area contributed by atoms with Gasteiger partial charge >= 0.3 is 0 Å². The van der Waals surface area contributed by atoms with Gasteiger partial charge in [0.15, 0.2) is 5.78 Å². The molecule has 0 aromatic heterocycles. The summed E-state index contributed by atoms with van der Waals surface area (Å²) in [5, 5.41) is 4.58. The molecule has 0 saturated carbocycles. The van der Waals surface area contributed by atoms with E-state index in [-0.39, 0.29) is 5.78 Å². The quantitative estimate of drug-likeness (QED) is 0.182. The maximum atomic E-state index is 15.4. The first kappa shape index (κ1) is 29.0. The highest BCUT2D eigenvalue weighted by atomic mass is 16.5. The monoisotopic (exact) mass is 611 g/mol. The van der Waals surface area contributed by atoms with Gasteiger partial charge in [-0.25, -0.2) is 0 Å². The molecule has 1 heterocycles. The summed E-state index contributed by atoms with van der Waals surface area (Å²) >= 11 is 0. The molecule has 0 amide bonds. The van der Waals surface area contributed by atoms with E-state index in [0.717, 1.165) is 50.0 Å². The van der Waals surface area contributed by atoms with E-state index >= 15 is 4.79 Å². The summed E-state index contributed by atoms with van der Waals surface area (Å²) in [6, 6.07) is 46.4. The molecular weight excluding hydrogens is 574 g/mol. The van der Waals surface area contributed by atoms with Crippen molar-refractivity contribution >= 4 is 44.2 Å². The Morgan fingerprint density at radius 3 is 1.96 bits per heavy atom. The molecule has 1 spiro atoms. The van der Waals surface area contributed by atoms with Gasteiger partial charge in [-0.05, 0) is 91.9 Å². The average Bonchev–Trinajstić information content (AvgIpc) is 3.28. The Morgan fingerprint density at radius 2 is 1.28 bits per heavy atom. The summed E-state index contributed by atoms with van der Waals surface area (Å²) in [5.41, 5.74) is 6.22. The molecule has 6 aromatic rings. The minimum Gasteiger partial charge on any atom is -0.497 e. The number of hydrogen-bond acceptors (Lipinski definition) is 3. The number of allylic oxidation sites excluding steroid dienone is 2. The van der Waals surface area contributed by atoms with Crippen LogP contribution in [0.15, 0.2) is 146 Å². The molecule has 0 unspecified atom stereocenters. The van der Waals surface area contributed by atoms with Gasteiger partial charge in [0.05, 0.1) is 18.6 Å². The number of methoxy groups -OCH3 is 1. The molecule has 2 aliphatic rings. The molecule has 1 aliphatic heterocycles. The van der Waals surface area contributed by atoms with Gasteiger partial charge in [0.25, 0.3) is 0 Å². The summed E-state index contributed by atoms with van der Waals surface area (Å²) in [6.45, 7) is 4.61. The molecule has 2 atom stereocenters. The Labute approximate surface area is 276 Å². The Balaban J connectivity index is 1.42. The smallest absolute Gasteiger partial charge is 0.173 e. The zero-order valence-electron chi connectivity index (χ0n) is 27.2. The predicted molar refractivity (Wildman–Crippen MR) is 195 cm³/mol. The molecule has 0 N–H and O–H groups in total. The van der Waals surface area contributed by atoms with Crippen LogP contribution in [0.25, 0.3) is 32.7 Å². The third-order valence-corrected chi connectivity index (χ3v) is 10.7. The molecular formula is C44H37NO2. The van der Waals surface area contributed by atoms with Gasteiger partial charge in [-0.15, -0.1) is 0 Å². The number of rotatable bonds is 5. The fraction of sp³-hybridized carbons (Fsp3) is 0.159. The molecule has 8 rings (SSSR count). The molecule has 47 heavy (non-hydrogen) atoms. The summed E-state index contributed by atoms with van der Waals surface area (Å²) in [4.78, 5) is 17.8. The fourth-order valence-electron chi connectivity index (χ4n) is 8.23. The second-order valence-electron chi connectivity index (χ2n) is 13.4. The van der Waals surface area contributed by atoms with E-state index in [1.807, 2.05) is 30.3 Å². The highest BCUT2D eigenvalue weighted by Crippen LogP contribution is 2.60. The van der Waals surface area contributed by atoms with Crippen molar-refractivity contribution in [3.63, 3.8) is 0 Å². The molecule has 6 aromatic carbocycles. The molecule has 0 fully saturated rings. The lowest BCUT2D eigenvalue weighted by Crippen LogP contribution is -2.61. The van der Waals surface area contributed by atoms with Crippen molar-refractivity contribution in [1.82, 2.24) is 0 Å². The van der Waals surface area contributed by atoms with Crippen molar-refractivity contribution < 1.29 is 9.53 Å². The van der Waals surface area contributed by atoms with Crippen LogP contribution in [0.1, 0.15) is 40.9 Å². The summed E-state index contributed by atoms with van der Waals surface area (Å²) in [5.74, 6) is 0.390. The number of anilines is 1. The van der Waals surface area contributed by atoms with Gasteiger partial charge in [-0.1, -0.05) is 117 Å². The topological polar surface area (TPSA) is 29.5 Å². The van der Waals surface area contributed by atoms with Crippen LogP contribution in [0.5, 0.6) is 5.75 Å². The first-order valence-electron chi connectivity index (χ1n) is 16.3. The fourth-order valence-corrected chi connectivity index (χ4v) is 8.23. The number of nitrogens with zero attached hydrogens (tertiary/aromatic N) is 1. The SMILES string of the molecule is COc1ccc(C2=CC(c3ccc4ccccc4c3)=C[C@]3([C@@H]2C(=O)c2ccc4ccccc4c2)N(C)c2ccccc2C3(C)C)cc1. The van der Waals surface area contributed by atoms with Gasteiger partial charge < -0.3 is 9.64 Å². The Hall–Kier alpha value is -5.41. The number of para-hydroxylation sites is 1. The molecule has 0 bridgehead atoms. The number of hydrogen-bond donors (Lipinski definition) is 0. The van der Waals surface area contributed by atoms with Crippen LogP contribution in [0.3, 0.4) is 0 Å². The zero-order chi connectivity index (χ0) is 32.3. The lowest BCUT2D eigenvalue weighted by molar-refractivity contribution is 0.0885.